The zero-order valence-corrected chi connectivity index (χ0v) is 16.7. The number of carbonyl (C=O) groups is 1. The SMILES string of the molecule is CC(C)/C=C(/CC(C)C)NNC(=O)c1ccc(COc2ccccc2)cc1. The lowest BCUT2D eigenvalue weighted by molar-refractivity contribution is 0.0937. The number of rotatable bonds is 9. The molecule has 0 aliphatic rings. The zero-order valence-electron chi connectivity index (χ0n) is 16.7. The minimum absolute atomic E-state index is 0.149. The second kappa shape index (κ2) is 10.4. The van der Waals surface area contributed by atoms with Crippen molar-refractivity contribution in [3.8, 4) is 5.75 Å². The molecule has 0 spiro atoms. The summed E-state index contributed by atoms with van der Waals surface area (Å²) in [6.45, 7) is 9.04. The van der Waals surface area contributed by atoms with Crippen molar-refractivity contribution in [2.45, 2.75) is 40.7 Å². The van der Waals surface area contributed by atoms with E-state index in [1.54, 1.807) is 0 Å². The summed E-state index contributed by atoms with van der Waals surface area (Å²) in [5.41, 5.74) is 8.55. The van der Waals surface area contributed by atoms with Crippen LogP contribution in [0.1, 0.15) is 50.0 Å². The Morgan fingerprint density at radius 2 is 1.63 bits per heavy atom. The highest BCUT2D eigenvalue weighted by molar-refractivity contribution is 5.93. The van der Waals surface area contributed by atoms with E-state index in [2.05, 4.69) is 44.6 Å². The number of amides is 1. The molecule has 2 N–H and O–H groups in total. The maximum absolute atomic E-state index is 12.4. The lowest BCUT2D eigenvalue weighted by Gasteiger charge is -2.15. The molecule has 2 aromatic carbocycles. The van der Waals surface area contributed by atoms with Crippen LogP contribution in [0.5, 0.6) is 5.75 Å². The molecule has 0 aliphatic carbocycles. The summed E-state index contributed by atoms with van der Waals surface area (Å²) < 4.78 is 5.72. The van der Waals surface area contributed by atoms with Crippen LogP contribution in [0.25, 0.3) is 0 Å². The van der Waals surface area contributed by atoms with E-state index in [9.17, 15) is 4.79 Å². The molecule has 0 bridgehead atoms. The molecule has 0 saturated carbocycles. The third-order valence-corrected chi connectivity index (χ3v) is 3.86. The van der Waals surface area contributed by atoms with Crippen molar-refractivity contribution in [2.75, 3.05) is 0 Å². The molecule has 0 aromatic heterocycles. The molecular weight excluding hydrogens is 336 g/mol. The predicted octanol–water partition coefficient (Wildman–Crippen LogP) is 5.09. The van der Waals surface area contributed by atoms with Gasteiger partial charge in [0.05, 0.1) is 0 Å². The van der Waals surface area contributed by atoms with Crippen LogP contribution in [0.15, 0.2) is 66.4 Å². The van der Waals surface area contributed by atoms with Gasteiger partial charge in [-0.05, 0) is 48.1 Å². The zero-order chi connectivity index (χ0) is 19.6. The van der Waals surface area contributed by atoms with E-state index < -0.39 is 0 Å². The van der Waals surface area contributed by atoms with Crippen LogP contribution in [0.4, 0.5) is 0 Å². The minimum atomic E-state index is -0.149. The maximum atomic E-state index is 12.4. The number of hydrazine groups is 1. The molecular formula is C23H30N2O2. The summed E-state index contributed by atoms with van der Waals surface area (Å²) in [5.74, 6) is 1.62. The van der Waals surface area contributed by atoms with Gasteiger partial charge < -0.3 is 10.2 Å². The summed E-state index contributed by atoms with van der Waals surface area (Å²) >= 11 is 0. The van der Waals surface area contributed by atoms with Crippen LogP contribution in [-0.2, 0) is 6.61 Å². The molecule has 0 aliphatic heterocycles. The number of allylic oxidation sites excluding steroid dienone is 2. The Morgan fingerprint density at radius 3 is 2.22 bits per heavy atom. The number of benzene rings is 2. The summed E-state index contributed by atoms with van der Waals surface area (Å²) in [5, 5.41) is 0. The lowest BCUT2D eigenvalue weighted by atomic mass is 10.1. The van der Waals surface area contributed by atoms with Crippen molar-refractivity contribution in [1.29, 1.82) is 0 Å². The van der Waals surface area contributed by atoms with E-state index in [4.69, 9.17) is 4.74 Å². The van der Waals surface area contributed by atoms with Gasteiger partial charge in [-0.25, -0.2) is 0 Å². The monoisotopic (exact) mass is 366 g/mol. The molecule has 0 saturated heterocycles. The van der Waals surface area contributed by atoms with Gasteiger partial charge in [-0.3, -0.25) is 10.2 Å². The highest BCUT2D eigenvalue weighted by Gasteiger charge is 2.08. The van der Waals surface area contributed by atoms with Gasteiger partial charge in [0.1, 0.15) is 12.4 Å². The van der Waals surface area contributed by atoms with Crippen LogP contribution < -0.4 is 15.6 Å². The Bertz CT molecular complexity index is 735. The predicted molar refractivity (Wildman–Crippen MR) is 110 cm³/mol. The second-order valence-corrected chi connectivity index (χ2v) is 7.41. The highest BCUT2D eigenvalue weighted by atomic mass is 16.5. The quantitative estimate of drug-likeness (QED) is 0.608. The van der Waals surface area contributed by atoms with Crippen LogP contribution >= 0.6 is 0 Å². The molecule has 27 heavy (non-hydrogen) atoms. The first-order valence-electron chi connectivity index (χ1n) is 9.48. The third kappa shape index (κ3) is 7.57. The first-order chi connectivity index (χ1) is 12.9. The molecule has 2 rings (SSSR count). The number of para-hydroxylation sites is 1. The van der Waals surface area contributed by atoms with Crippen molar-refractivity contribution in [2.24, 2.45) is 11.8 Å². The Balaban J connectivity index is 1.88. The van der Waals surface area contributed by atoms with Crippen molar-refractivity contribution >= 4 is 5.91 Å². The molecule has 4 heteroatoms. The third-order valence-electron chi connectivity index (χ3n) is 3.86. The van der Waals surface area contributed by atoms with Gasteiger partial charge in [0.15, 0.2) is 0 Å². The van der Waals surface area contributed by atoms with Crippen molar-refractivity contribution in [3.05, 3.63) is 77.5 Å². The molecule has 2 aromatic rings. The highest BCUT2D eigenvalue weighted by Crippen LogP contribution is 2.13. The maximum Gasteiger partial charge on any atom is 0.269 e. The first-order valence-corrected chi connectivity index (χ1v) is 9.48. The minimum Gasteiger partial charge on any atom is -0.489 e. The fraction of sp³-hybridized carbons (Fsp3) is 0.348. The molecule has 0 radical (unpaired) electrons. The molecule has 144 valence electrons. The van der Waals surface area contributed by atoms with E-state index >= 15 is 0 Å². The van der Waals surface area contributed by atoms with E-state index in [0.717, 1.165) is 23.4 Å². The first kappa shape index (κ1) is 20.6. The second-order valence-electron chi connectivity index (χ2n) is 7.41. The largest absolute Gasteiger partial charge is 0.489 e. The Labute approximate surface area is 162 Å². The Morgan fingerprint density at radius 1 is 0.963 bits per heavy atom. The van der Waals surface area contributed by atoms with Gasteiger partial charge in [-0.15, -0.1) is 0 Å². The van der Waals surface area contributed by atoms with Crippen LogP contribution in [0, 0.1) is 11.8 Å². The van der Waals surface area contributed by atoms with E-state index in [0.29, 0.717) is 24.0 Å². The number of hydrogen-bond donors (Lipinski definition) is 2. The molecule has 4 nitrogen and oxygen atoms in total. The number of hydrogen-bond acceptors (Lipinski definition) is 3. The van der Waals surface area contributed by atoms with E-state index in [1.165, 1.54) is 0 Å². The summed E-state index contributed by atoms with van der Waals surface area (Å²) in [6, 6.07) is 17.1. The van der Waals surface area contributed by atoms with Gasteiger partial charge >= 0.3 is 0 Å². The van der Waals surface area contributed by atoms with Gasteiger partial charge in [-0.1, -0.05) is 64.1 Å². The number of nitrogens with one attached hydrogen (secondary N) is 2. The molecule has 0 fully saturated rings. The van der Waals surface area contributed by atoms with Crippen molar-refractivity contribution < 1.29 is 9.53 Å². The summed E-state index contributed by atoms with van der Waals surface area (Å²) in [6.07, 6.45) is 3.04. The standard InChI is InChI=1S/C23H30N2O2/c1-17(2)14-21(15-18(3)4)24-25-23(26)20-12-10-19(11-13-20)16-27-22-8-6-5-7-9-22/h5-14,17-18,24H,15-16H2,1-4H3,(H,25,26)/b21-14-. The lowest BCUT2D eigenvalue weighted by Crippen LogP contribution is -2.37. The molecule has 1 amide bonds. The average Bonchev–Trinajstić information content (AvgIpc) is 2.64. The fourth-order valence-electron chi connectivity index (χ4n) is 2.65. The van der Waals surface area contributed by atoms with Gasteiger partial charge in [0.2, 0.25) is 0 Å². The number of carbonyl (C=O) groups excluding carboxylic acids is 1. The van der Waals surface area contributed by atoms with Gasteiger partial charge in [0.25, 0.3) is 5.91 Å². The molecule has 0 unspecified atom stereocenters. The van der Waals surface area contributed by atoms with Crippen molar-refractivity contribution in [3.63, 3.8) is 0 Å². The Kier molecular flexibility index (Phi) is 7.93. The molecule has 0 heterocycles. The molecule has 0 atom stereocenters. The topological polar surface area (TPSA) is 50.4 Å². The average molecular weight is 367 g/mol. The van der Waals surface area contributed by atoms with E-state index in [1.807, 2.05) is 54.6 Å². The van der Waals surface area contributed by atoms with Crippen LogP contribution in [-0.4, -0.2) is 5.91 Å². The van der Waals surface area contributed by atoms with Crippen LogP contribution in [0.3, 0.4) is 0 Å². The fourth-order valence-corrected chi connectivity index (χ4v) is 2.65. The van der Waals surface area contributed by atoms with Crippen LogP contribution in [0.2, 0.25) is 0 Å². The van der Waals surface area contributed by atoms with Gasteiger partial charge in [-0.2, -0.15) is 0 Å². The Hall–Kier alpha value is -2.75. The summed E-state index contributed by atoms with van der Waals surface area (Å²) in [4.78, 5) is 12.4. The van der Waals surface area contributed by atoms with Gasteiger partial charge in [0, 0.05) is 11.3 Å². The normalized spacial score (nSPS) is 11.6. The van der Waals surface area contributed by atoms with Crippen molar-refractivity contribution in [1.82, 2.24) is 10.9 Å². The smallest absolute Gasteiger partial charge is 0.269 e. The van der Waals surface area contributed by atoms with E-state index in [-0.39, 0.29) is 5.91 Å². The number of ether oxygens (including phenoxy) is 1. The summed E-state index contributed by atoms with van der Waals surface area (Å²) in [7, 11) is 0.